The summed E-state index contributed by atoms with van der Waals surface area (Å²) in [6, 6.07) is 0. The number of carboxylic acids is 1. The van der Waals surface area contributed by atoms with Crippen molar-refractivity contribution in [1.82, 2.24) is 0 Å². The minimum absolute atomic E-state index is 0. The van der Waals surface area contributed by atoms with Crippen LogP contribution in [-0.2, 0) is 4.79 Å². The molecule has 0 amide bonds. The van der Waals surface area contributed by atoms with Crippen LogP contribution in [0, 0.1) is 37.3 Å². The van der Waals surface area contributed by atoms with Gasteiger partial charge in [-0.25, -0.2) is 0 Å². The summed E-state index contributed by atoms with van der Waals surface area (Å²) in [7, 11) is 0. The Morgan fingerprint density at radius 1 is 0.619 bits per heavy atom. The zero-order valence-corrected chi connectivity index (χ0v) is 15.8. The first-order valence-corrected chi connectivity index (χ1v) is 8.99. The van der Waals surface area contributed by atoms with E-state index in [0.717, 1.165) is 12.8 Å². The summed E-state index contributed by atoms with van der Waals surface area (Å²) in [4.78, 5) is 10.3. The molecule has 0 rings (SSSR count). The van der Waals surface area contributed by atoms with E-state index in [4.69, 9.17) is 5.11 Å². The molecule has 0 heterocycles. The van der Waals surface area contributed by atoms with Crippen LogP contribution >= 0.6 is 0 Å². The third-order valence-corrected chi connectivity index (χ3v) is 3.99. The average molecular weight is 452 g/mol. The summed E-state index contributed by atoms with van der Waals surface area (Å²) in [6.45, 7) is 2.27. The first-order valence-electron chi connectivity index (χ1n) is 8.99. The van der Waals surface area contributed by atoms with E-state index in [2.05, 4.69) is 6.92 Å². The molecule has 1 N–H and O–H groups in total. The Balaban J connectivity index is 0. The van der Waals surface area contributed by atoms with Crippen LogP contribution in [0.4, 0.5) is 0 Å². The van der Waals surface area contributed by atoms with Gasteiger partial charge in [0.1, 0.15) is 0 Å². The van der Waals surface area contributed by atoms with Gasteiger partial charge in [-0.2, -0.15) is 0 Å². The first kappa shape index (κ1) is 24.0. The quantitative estimate of drug-likeness (QED) is 0.278. The van der Waals surface area contributed by atoms with Crippen molar-refractivity contribution in [3.8, 4) is 0 Å². The van der Waals surface area contributed by atoms with Gasteiger partial charge in [-0.1, -0.05) is 96.8 Å². The van der Waals surface area contributed by atoms with Gasteiger partial charge in [0.25, 0.3) is 0 Å². The Morgan fingerprint density at radius 2 is 0.905 bits per heavy atom. The number of unbranched alkanes of at least 4 members (excludes halogenated alkanes) is 14. The third-order valence-electron chi connectivity index (χ3n) is 3.99. The number of hydrogen-bond donors (Lipinski definition) is 1. The number of carboxylic acid groups (broad SMARTS) is 1. The van der Waals surface area contributed by atoms with Crippen LogP contribution in [0.5, 0.6) is 0 Å². The van der Waals surface area contributed by atoms with E-state index < -0.39 is 5.97 Å². The van der Waals surface area contributed by atoms with Gasteiger partial charge in [-0.3, -0.25) is 4.79 Å². The van der Waals surface area contributed by atoms with Gasteiger partial charge in [0.05, 0.1) is 0 Å². The van der Waals surface area contributed by atoms with Crippen LogP contribution in [0.1, 0.15) is 110 Å². The Hall–Kier alpha value is 0.717. The van der Waals surface area contributed by atoms with Crippen molar-refractivity contribution in [3.63, 3.8) is 0 Å². The fourth-order valence-corrected chi connectivity index (χ4v) is 2.65. The third kappa shape index (κ3) is 23.1. The van der Waals surface area contributed by atoms with Crippen LogP contribution < -0.4 is 0 Å². The summed E-state index contributed by atoms with van der Waals surface area (Å²) >= 11 is 0. The van der Waals surface area contributed by atoms with Gasteiger partial charge in [-0.05, 0) is 6.42 Å². The van der Waals surface area contributed by atoms with Crippen LogP contribution in [-0.4, -0.2) is 11.1 Å². The van der Waals surface area contributed by atoms with Gasteiger partial charge in [0.2, 0.25) is 0 Å². The zero-order valence-electron chi connectivity index (χ0n) is 14.0. The maximum Gasteiger partial charge on any atom is 0.303 e. The number of aliphatic carboxylic acids is 1. The Morgan fingerprint density at radius 3 is 1.19 bits per heavy atom. The summed E-state index contributed by atoms with van der Waals surface area (Å²) in [5, 5.41) is 8.52. The second-order valence-corrected chi connectivity index (χ2v) is 6.09. The topological polar surface area (TPSA) is 37.3 Å². The summed E-state index contributed by atoms with van der Waals surface area (Å²) in [5.41, 5.74) is 0. The Labute approximate surface area is 162 Å². The van der Waals surface area contributed by atoms with E-state index in [0.29, 0.717) is 6.42 Å². The molecule has 0 atom stereocenters. The normalized spacial score (nSPS) is 10.3. The number of carbonyl (C=O) groups is 1. The van der Waals surface area contributed by atoms with E-state index in [9.17, 15) is 4.79 Å². The predicted molar refractivity (Wildman–Crippen MR) is 87.2 cm³/mol. The molecule has 0 saturated heterocycles. The molecule has 0 aliphatic rings. The molecule has 21 heavy (non-hydrogen) atoms. The molecule has 3 heteroatoms. The van der Waals surface area contributed by atoms with Crippen molar-refractivity contribution in [2.45, 2.75) is 110 Å². The van der Waals surface area contributed by atoms with Gasteiger partial charge in [0.15, 0.2) is 0 Å². The Kier molecular flexibility index (Phi) is 23.7. The molecule has 0 aromatic heterocycles. The molecule has 0 aliphatic carbocycles. The fourth-order valence-electron chi connectivity index (χ4n) is 2.65. The SMILES string of the molecule is CCCCCCCCCCCCCCCCCC(=O)O.[Er]. The van der Waals surface area contributed by atoms with Crippen LogP contribution in [0.15, 0.2) is 0 Å². The second-order valence-electron chi connectivity index (χ2n) is 6.09. The van der Waals surface area contributed by atoms with Crippen molar-refractivity contribution in [1.29, 1.82) is 0 Å². The summed E-state index contributed by atoms with van der Waals surface area (Å²) in [5.74, 6) is -0.653. The summed E-state index contributed by atoms with van der Waals surface area (Å²) in [6.07, 6.45) is 20.2. The Bertz CT molecular complexity index is 207. The van der Waals surface area contributed by atoms with Crippen molar-refractivity contribution < 1.29 is 47.2 Å². The molecule has 0 saturated carbocycles. The van der Waals surface area contributed by atoms with E-state index in [1.165, 1.54) is 83.5 Å². The molecule has 0 spiro atoms. The fraction of sp³-hybridized carbons (Fsp3) is 0.944. The smallest absolute Gasteiger partial charge is 0.303 e. The van der Waals surface area contributed by atoms with Crippen molar-refractivity contribution >= 4 is 5.97 Å². The molecule has 0 aromatic carbocycles. The van der Waals surface area contributed by atoms with Gasteiger partial charge < -0.3 is 5.11 Å². The maximum atomic E-state index is 10.3. The van der Waals surface area contributed by atoms with Crippen LogP contribution in [0.25, 0.3) is 0 Å². The molecule has 132 valence electrons. The molecule has 0 unspecified atom stereocenters. The van der Waals surface area contributed by atoms with E-state index in [-0.39, 0.29) is 37.3 Å². The van der Waals surface area contributed by atoms with E-state index >= 15 is 0 Å². The molecule has 0 aromatic rings. The monoisotopic (exact) mass is 450 g/mol. The zero-order chi connectivity index (χ0) is 14.9. The number of hydrogen-bond acceptors (Lipinski definition) is 1. The van der Waals surface area contributed by atoms with Gasteiger partial charge in [-0.15, -0.1) is 0 Å². The minimum atomic E-state index is -0.653. The molecule has 0 bridgehead atoms. The molecule has 0 fully saturated rings. The van der Waals surface area contributed by atoms with Gasteiger partial charge >= 0.3 is 5.97 Å². The second kappa shape index (κ2) is 20.7. The van der Waals surface area contributed by atoms with Crippen LogP contribution in [0.3, 0.4) is 0 Å². The largest absolute Gasteiger partial charge is 0.481 e. The first-order chi connectivity index (χ1) is 9.77. The van der Waals surface area contributed by atoms with Crippen molar-refractivity contribution in [2.24, 2.45) is 0 Å². The van der Waals surface area contributed by atoms with Gasteiger partial charge in [0, 0.05) is 43.7 Å². The molecular formula is C18H36ErO2. The van der Waals surface area contributed by atoms with Crippen molar-refractivity contribution in [2.75, 3.05) is 0 Å². The molecular weight excluding hydrogens is 415 g/mol. The number of rotatable bonds is 16. The standard InChI is InChI=1S/C18H36O2.Er/c1-2-3-4-5-6-7-8-9-10-11-12-13-14-15-16-17-18(19)20;/h2-17H2,1H3,(H,19,20);. The summed E-state index contributed by atoms with van der Waals surface area (Å²) < 4.78 is 0. The minimum Gasteiger partial charge on any atom is -0.481 e. The van der Waals surface area contributed by atoms with E-state index in [1.807, 2.05) is 0 Å². The molecule has 0 radical (unpaired) electrons. The predicted octanol–water partition coefficient (Wildman–Crippen LogP) is 6.33. The maximum absolute atomic E-state index is 10.3. The molecule has 2 nitrogen and oxygen atoms in total. The average Bonchev–Trinajstić information content (AvgIpc) is 2.43. The molecule has 0 aliphatic heterocycles. The van der Waals surface area contributed by atoms with Crippen LogP contribution in [0.2, 0.25) is 0 Å². The van der Waals surface area contributed by atoms with E-state index in [1.54, 1.807) is 0 Å². The van der Waals surface area contributed by atoms with Crippen molar-refractivity contribution in [3.05, 3.63) is 0 Å².